The third-order valence-corrected chi connectivity index (χ3v) is 4.95. The Labute approximate surface area is 139 Å². The van der Waals surface area contributed by atoms with E-state index in [0.717, 1.165) is 38.5 Å². The number of ether oxygens (including phenoxy) is 1. The molecule has 2 fully saturated rings. The van der Waals surface area contributed by atoms with E-state index in [4.69, 9.17) is 4.74 Å². The van der Waals surface area contributed by atoms with E-state index in [-0.39, 0.29) is 11.8 Å². The summed E-state index contributed by atoms with van der Waals surface area (Å²) in [5.74, 6) is 0.478. The fraction of sp³-hybridized carbons (Fsp3) is 0.889. The molecule has 132 valence electrons. The molecule has 0 saturated heterocycles. The second kappa shape index (κ2) is 6.70. The molecule has 2 aliphatic carbocycles. The average molecular weight is 324 g/mol. The fourth-order valence-corrected chi connectivity index (χ4v) is 3.60. The van der Waals surface area contributed by atoms with Gasteiger partial charge >= 0.3 is 6.09 Å². The fourth-order valence-electron chi connectivity index (χ4n) is 3.60. The molecular formula is C18H32N2O3. The Morgan fingerprint density at radius 2 is 1.83 bits per heavy atom. The molecule has 0 aliphatic heterocycles. The topological polar surface area (TPSA) is 67.4 Å². The number of alkyl carbamates (subject to hydrolysis) is 1. The molecule has 2 N–H and O–H groups in total. The highest BCUT2D eigenvalue weighted by Gasteiger charge is 2.52. The molecular weight excluding hydrogens is 292 g/mol. The van der Waals surface area contributed by atoms with E-state index in [1.54, 1.807) is 0 Å². The molecule has 2 saturated carbocycles. The quantitative estimate of drug-likeness (QED) is 0.787. The van der Waals surface area contributed by atoms with Gasteiger partial charge in [0.25, 0.3) is 0 Å². The lowest BCUT2D eigenvalue weighted by Gasteiger charge is -2.51. The van der Waals surface area contributed by atoms with Gasteiger partial charge in [-0.3, -0.25) is 4.79 Å². The van der Waals surface area contributed by atoms with Crippen molar-refractivity contribution >= 4 is 12.0 Å². The van der Waals surface area contributed by atoms with Crippen LogP contribution in [0.25, 0.3) is 0 Å². The summed E-state index contributed by atoms with van der Waals surface area (Å²) in [6.45, 7) is 9.74. The predicted molar refractivity (Wildman–Crippen MR) is 90.1 cm³/mol. The zero-order valence-electron chi connectivity index (χ0n) is 15.2. The molecule has 0 spiro atoms. The molecule has 5 heteroatoms. The minimum atomic E-state index is -0.531. The standard InChI is InChI=1S/C18H32N2O3/c1-6-12-10-18(11-12,20-16(22)23-17(3,4)5)14(7-2)15(21)19-13-8-9-13/h12-14H,6-11H2,1-5H3,(H,19,21)(H,20,22). The maximum absolute atomic E-state index is 12.6. The lowest BCUT2D eigenvalue weighted by Crippen LogP contribution is -2.65. The van der Waals surface area contributed by atoms with Crippen LogP contribution < -0.4 is 10.6 Å². The van der Waals surface area contributed by atoms with E-state index < -0.39 is 17.2 Å². The van der Waals surface area contributed by atoms with Gasteiger partial charge in [-0.15, -0.1) is 0 Å². The van der Waals surface area contributed by atoms with Crippen molar-refractivity contribution in [3.05, 3.63) is 0 Å². The SMILES string of the molecule is CCC1CC(NC(=O)OC(C)(C)C)(C(CC)C(=O)NC2CC2)C1. The first kappa shape index (κ1) is 18.1. The molecule has 0 aromatic rings. The maximum Gasteiger partial charge on any atom is 0.408 e. The molecule has 0 heterocycles. The minimum absolute atomic E-state index is 0.0839. The van der Waals surface area contributed by atoms with Crippen molar-refractivity contribution in [3.8, 4) is 0 Å². The van der Waals surface area contributed by atoms with Crippen molar-refractivity contribution in [1.82, 2.24) is 10.6 Å². The maximum atomic E-state index is 12.6. The van der Waals surface area contributed by atoms with Crippen molar-refractivity contribution in [2.24, 2.45) is 11.8 Å². The van der Waals surface area contributed by atoms with Gasteiger partial charge in [-0.2, -0.15) is 0 Å². The molecule has 2 amide bonds. The number of hydrogen-bond acceptors (Lipinski definition) is 3. The molecule has 0 aromatic carbocycles. The first-order valence-corrected chi connectivity index (χ1v) is 9.00. The van der Waals surface area contributed by atoms with Crippen molar-refractivity contribution in [2.45, 2.75) is 90.3 Å². The van der Waals surface area contributed by atoms with Crippen LogP contribution in [0.2, 0.25) is 0 Å². The van der Waals surface area contributed by atoms with Crippen LogP contribution in [0, 0.1) is 11.8 Å². The summed E-state index contributed by atoms with van der Waals surface area (Å²) in [5.41, 5.74) is -0.978. The first-order valence-electron chi connectivity index (χ1n) is 9.00. The summed E-state index contributed by atoms with van der Waals surface area (Å²) in [7, 11) is 0. The van der Waals surface area contributed by atoms with Gasteiger partial charge < -0.3 is 15.4 Å². The number of amides is 2. The van der Waals surface area contributed by atoms with Crippen molar-refractivity contribution in [2.75, 3.05) is 0 Å². The van der Waals surface area contributed by atoms with Crippen LogP contribution in [0.1, 0.15) is 73.1 Å². The Morgan fingerprint density at radius 3 is 2.26 bits per heavy atom. The highest BCUT2D eigenvalue weighted by Crippen LogP contribution is 2.46. The summed E-state index contributed by atoms with van der Waals surface area (Å²) in [6.07, 6.45) is 5.27. The molecule has 23 heavy (non-hydrogen) atoms. The van der Waals surface area contributed by atoms with Gasteiger partial charge in [0.2, 0.25) is 5.91 Å². The molecule has 2 rings (SSSR count). The van der Waals surface area contributed by atoms with E-state index in [9.17, 15) is 9.59 Å². The molecule has 0 radical (unpaired) electrons. The van der Waals surface area contributed by atoms with Crippen molar-refractivity contribution < 1.29 is 14.3 Å². The van der Waals surface area contributed by atoms with Crippen LogP contribution in [-0.4, -0.2) is 29.2 Å². The molecule has 5 nitrogen and oxygen atoms in total. The number of carbonyl (C=O) groups is 2. The second-order valence-electron chi connectivity index (χ2n) is 8.21. The highest BCUT2D eigenvalue weighted by molar-refractivity contribution is 5.82. The summed E-state index contributed by atoms with van der Waals surface area (Å²) in [6, 6.07) is 0.345. The van der Waals surface area contributed by atoms with Crippen LogP contribution in [0.15, 0.2) is 0 Å². The summed E-state index contributed by atoms with van der Waals surface area (Å²) in [5, 5.41) is 6.16. The Kier molecular flexibility index (Phi) is 5.27. The average Bonchev–Trinajstić information content (AvgIpc) is 3.16. The minimum Gasteiger partial charge on any atom is -0.444 e. The van der Waals surface area contributed by atoms with E-state index in [2.05, 4.69) is 17.6 Å². The normalized spacial score (nSPS) is 28.5. The Bertz CT molecular complexity index is 446. The Morgan fingerprint density at radius 1 is 1.22 bits per heavy atom. The van der Waals surface area contributed by atoms with Gasteiger partial charge in [0.15, 0.2) is 0 Å². The van der Waals surface area contributed by atoms with Crippen LogP contribution in [0.3, 0.4) is 0 Å². The number of rotatable bonds is 6. The van der Waals surface area contributed by atoms with Gasteiger partial charge in [0, 0.05) is 6.04 Å². The van der Waals surface area contributed by atoms with Gasteiger partial charge in [-0.05, 0) is 58.8 Å². The lowest BCUT2D eigenvalue weighted by atomic mass is 9.60. The molecule has 1 atom stereocenters. The zero-order valence-corrected chi connectivity index (χ0v) is 15.2. The van der Waals surface area contributed by atoms with Gasteiger partial charge in [-0.1, -0.05) is 20.3 Å². The second-order valence-corrected chi connectivity index (χ2v) is 8.21. The monoisotopic (exact) mass is 324 g/mol. The van der Waals surface area contributed by atoms with Crippen LogP contribution in [0.5, 0.6) is 0 Å². The zero-order chi connectivity index (χ0) is 17.3. The molecule has 0 aromatic heterocycles. The van der Waals surface area contributed by atoms with Crippen molar-refractivity contribution in [3.63, 3.8) is 0 Å². The Hall–Kier alpha value is -1.26. The molecule has 0 bridgehead atoms. The van der Waals surface area contributed by atoms with Gasteiger partial charge in [-0.25, -0.2) is 4.79 Å². The highest BCUT2D eigenvalue weighted by atomic mass is 16.6. The third-order valence-electron chi connectivity index (χ3n) is 4.95. The van der Waals surface area contributed by atoms with Crippen molar-refractivity contribution in [1.29, 1.82) is 0 Å². The largest absolute Gasteiger partial charge is 0.444 e. The Balaban J connectivity index is 2.07. The molecule has 2 aliphatic rings. The summed E-state index contributed by atoms with van der Waals surface area (Å²) >= 11 is 0. The smallest absolute Gasteiger partial charge is 0.408 e. The number of carbonyl (C=O) groups excluding carboxylic acids is 2. The van der Waals surface area contributed by atoms with Gasteiger partial charge in [0.1, 0.15) is 5.60 Å². The lowest BCUT2D eigenvalue weighted by molar-refractivity contribution is -0.131. The van der Waals surface area contributed by atoms with E-state index >= 15 is 0 Å². The number of nitrogens with one attached hydrogen (secondary N) is 2. The summed E-state index contributed by atoms with van der Waals surface area (Å²) in [4.78, 5) is 24.9. The van der Waals surface area contributed by atoms with Crippen LogP contribution in [-0.2, 0) is 9.53 Å². The number of hydrogen-bond donors (Lipinski definition) is 2. The first-order chi connectivity index (χ1) is 10.7. The third kappa shape index (κ3) is 4.61. The summed E-state index contributed by atoms with van der Waals surface area (Å²) < 4.78 is 5.42. The van der Waals surface area contributed by atoms with Crippen LogP contribution in [0.4, 0.5) is 4.79 Å². The van der Waals surface area contributed by atoms with Gasteiger partial charge in [0.05, 0.1) is 11.5 Å². The van der Waals surface area contributed by atoms with E-state index in [1.807, 2.05) is 27.7 Å². The van der Waals surface area contributed by atoms with E-state index in [1.165, 1.54) is 0 Å². The molecule has 1 unspecified atom stereocenters. The van der Waals surface area contributed by atoms with Crippen LogP contribution >= 0.6 is 0 Å². The predicted octanol–water partition coefficient (Wildman–Crippen LogP) is 3.37. The van der Waals surface area contributed by atoms with E-state index in [0.29, 0.717) is 12.0 Å².